The molecule has 0 aromatic heterocycles. The van der Waals surface area contributed by atoms with Crippen LogP contribution in [-0.2, 0) is 19.3 Å². The minimum Gasteiger partial charge on any atom is -0.206 e. The molecule has 0 aliphatic carbocycles. The van der Waals surface area contributed by atoms with E-state index in [4.69, 9.17) is 0 Å². The monoisotopic (exact) mass is 302 g/mol. The van der Waals surface area contributed by atoms with E-state index in [1.165, 1.54) is 29.5 Å². The first-order chi connectivity index (χ1) is 10.2. The molecule has 0 saturated heterocycles. The Balaban J connectivity index is 2.32. The lowest BCUT2D eigenvalue weighted by Gasteiger charge is -2.14. The van der Waals surface area contributed by atoms with Gasteiger partial charge in [0.25, 0.3) is 0 Å². The molecule has 2 aromatic rings. The molecule has 0 fully saturated rings. The molecule has 2 heteroatoms. The van der Waals surface area contributed by atoms with Crippen LogP contribution >= 0.6 is 9.24 Å². The Morgan fingerprint density at radius 1 is 0.952 bits per heavy atom. The van der Waals surface area contributed by atoms with E-state index in [1.54, 1.807) is 6.07 Å². The Bertz CT molecular complexity index is 605. The summed E-state index contributed by atoms with van der Waals surface area (Å²) in [6.45, 7) is 4.31. The van der Waals surface area contributed by atoms with E-state index in [0.717, 1.165) is 30.1 Å². The van der Waals surface area contributed by atoms with Crippen molar-refractivity contribution in [2.45, 2.75) is 46.0 Å². The predicted octanol–water partition coefficient (Wildman–Crippen LogP) is 4.82. The Hall–Kier alpha value is -1.20. The first-order valence-corrected chi connectivity index (χ1v) is 8.37. The Morgan fingerprint density at radius 3 is 2.33 bits per heavy atom. The summed E-state index contributed by atoms with van der Waals surface area (Å²) in [5.74, 6) is -0.125. The van der Waals surface area contributed by atoms with E-state index in [2.05, 4.69) is 47.4 Å². The summed E-state index contributed by atoms with van der Waals surface area (Å²) in [5, 5.41) is 0.723. The molecule has 2 aromatic carbocycles. The number of unbranched alkanes of at least 4 members (excludes halogenated alkanes) is 1. The first kappa shape index (κ1) is 16.2. The number of halogens is 1. The standard InChI is InChI=1S/C19H24FP/c1-3-5-8-14-9-6-7-10-15(14)13-16-11-12-18(20)19(21)17(16)4-2/h6-7,9-12H,3-5,8,13,21H2,1-2H3. The summed E-state index contributed by atoms with van der Waals surface area (Å²) in [7, 11) is 2.56. The van der Waals surface area contributed by atoms with Crippen molar-refractivity contribution in [1.29, 1.82) is 0 Å². The van der Waals surface area contributed by atoms with Crippen molar-refractivity contribution in [1.82, 2.24) is 0 Å². The number of aryl methyl sites for hydroxylation is 1. The van der Waals surface area contributed by atoms with Crippen LogP contribution in [0.3, 0.4) is 0 Å². The summed E-state index contributed by atoms with van der Waals surface area (Å²) in [6, 6.07) is 12.2. The zero-order chi connectivity index (χ0) is 15.2. The molecule has 0 spiro atoms. The van der Waals surface area contributed by atoms with Crippen LogP contribution in [0.4, 0.5) is 4.39 Å². The summed E-state index contributed by atoms with van der Waals surface area (Å²) in [6.07, 6.45) is 5.31. The molecule has 0 aliphatic heterocycles. The van der Waals surface area contributed by atoms with Gasteiger partial charge in [0.2, 0.25) is 0 Å². The molecule has 0 nitrogen and oxygen atoms in total. The Labute approximate surface area is 130 Å². The van der Waals surface area contributed by atoms with E-state index >= 15 is 0 Å². The molecule has 0 radical (unpaired) electrons. The highest BCUT2D eigenvalue weighted by Crippen LogP contribution is 2.20. The molecule has 21 heavy (non-hydrogen) atoms. The second-order valence-electron chi connectivity index (χ2n) is 5.50. The lowest BCUT2D eigenvalue weighted by atomic mass is 9.93. The molecular formula is C19H24FP. The van der Waals surface area contributed by atoms with Crippen LogP contribution in [0.25, 0.3) is 0 Å². The maximum absolute atomic E-state index is 13.7. The highest BCUT2D eigenvalue weighted by molar-refractivity contribution is 7.27. The van der Waals surface area contributed by atoms with Crippen molar-refractivity contribution in [2.24, 2.45) is 0 Å². The molecule has 1 atom stereocenters. The predicted molar refractivity (Wildman–Crippen MR) is 93.0 cm³/mol. The first-order valence-electron chi connectivity index (χ1n) is 7.79. The highest BCUT2D eigenvalue weighted by atomic mass is 31.0. The van der Waals surface area contributed by atoms with E-state index in [9.17, 15) is 4.39 Å². The van der Waals surface area contributed by atoms with Gasteiger partial charge in [-0.2, -0.15) is 0 Å². The average molecular weight is 302 g/mol. The average Bonchev–Trinajstić information content (AvgIpc) is 2.50. The fraction of sp³-hybridized carbons (Fsp3) is 0.368. The molecule has 112 valence electrons. The third-order valence-corrected chi connectivity index (χ3v) is 4.68. The van der Waals surface area contributed by atoms with Gasteiger partial charge in [-0.15, -0.1) is 9.24 Å². The van der Waals surface area contributed by atoms with Crippen molar-refractivity contribution in [2.75, 3.05) is 0 Å². The van der Waals surface area contributed by atoms with Crippen molar-refractivity contribution in [3.63, 3.8) is 0 Å². The van der Waals surface area contributed by atoms with Gasteiger partial charge in [-0.1, -0.05) is 50.6 Å². The topological polar surface area (TPSA) is 0 Å². The van der Waals surface area contributed by atoms with Crippen LogP contribution < -0.4 is 5.30 Å². The molecular weight excluding hydrogens is 278 g/mol. The van der Waals surface area contributed by atoms with Gasteiger partial charge in [-0.3, -0.25) is 0 Å². The third kappa shape index (κ3) is 3.92. The summed E-state index contributed by atoms with van der Waals surface area (Å²) < 4.78 is 13.7. The highest BCUT2D eigenvalue weighted by Gasteiger charge is 2.10. The SMILES string of the molecule is CCCCc1ccccc1Cc1ccc(F)c(P)c1CC. The van der Waals surface area contributed by atoms with Gasteiger partial charge in [0.15, 0.2) is 0 Å². The largest absolute Gasteiger partial charge is 0.206 e. The summed E-state index contributed by atoms with van der Waals surface area (Å²) in [4.78, 5) is 0. The molecule has 0 saturated carbocycles. The van der Waals surface area contributed by atoms with Crippen LogP contribution in [-0.4, -0.2) is 0 Å². The lowest BCUT2D eigenvalue weighted by Crippen LogP contribution is -2.11. The van der Waals surface area contributed by atoms with Crippen LogP contribution in [0.5, 0.6) is 0 Å². The van der Waals surface area contributed by atoms with Gasteiger partial charge in [-0.25, -0.2) is 4.39 Å². The van der Waals surface area contributed by atoms with Crippen LogP contribution in [0.15, 0.2) is 36.4 Å². The van der Waals surface area contributed by atoms with Crippen LogP contribution in [0, 0.1) is 5.82 Å². The van der Waals surface area contributed by atoms with E-state index in [-0.39, 0.29) is 5.82 Å². The molecule has 0 aliphatic rings. The summed E-state index contributed by atoms with van der Waals surface area (Å²) in [5.41, 5.74) is 5.17. The van der Waals surface area contributed by atoms with Crippen molar-refractivity contribution < 1.29 is 4.39 Å². The van der Waals surface area contributed by atoms with E-state index in [1.807, 2.05) is 6.07 Å². The minimum atomic E-state index is -0.125. The molecule has 1 unspecified atom stereocenters. The minimum absolute atomic E-state index is 0.125. The third-order valence-electron chi connectivity index (χ3n) is 4.05. The van der Waals surface area contributed by atoms with Gasteiger partial charge in [0.1, 0.15) is 5.82 Å². The maximum Gasteiger partial charge on any atom is 0.130 e. The quantitative estimate of drug-likeness (QED) is 0.671. The lowest BCUT2D eigenvalue weighted by molar-refractivity contribution is 0.634. The Morgan fingerprint density at radius 2 is 1.67 bits per heavy atom. The second kappa shape index (κ2) is 7.71. The summed E-state index contributed by atoms with van der Waals surface area (Å²) >= 11 is 0. The van der Waals surface area contributed by atoms with Crippen molar-refractivity contribution in [3.05, 3.63) is 64.5 Å². The molecule has 0 N–H and O–H groups in total. The second-order valence-corrected chi connectivity index (χ2v) is 6.08. The van der Waals surface area contributed by atoms with Gasteiger partial charge in [0, 0.05) is 5.30 Å². The van der Waals surface area contributed by atoms with Crippen LogP contribution in [0.1, 0.15) is 48.9 Å². The van der Waals surface area contributed by atoms with Gasteiger partial charge in [0.05, 0.1) is 0 Å². The van der Waals surface area contributed by atoms with Gasteiger partial charge in [-0.05, 0) is 54.0 Å². The molecule has 0 amide bonds. The molecule has 0 heterocycles. The molecule has 0 bridgehead atoms. The van der Waals surface area contributed by atoms with E-state index in [0.29, 0.717) is 0 Å². The number of hydrogen-bond donors (Lipinski definition) is 0. The number of rotatable bonds is 6. The fourth-order valence-electron chi connectivity index (χ4n) is 2.81. The maximum atomic E-state index is 13.7. The van der Waals surface area contributed by atoms with Crippen molar-refractivity contribution >= 4 is 14.5 Å². The number of benzene rings is 2. The van der Waals surface area contributed by atoms with Crippen LogP contribution in [0.2, 0.25) is 0 Å². The van der Waals surface area contributed by atoms with Crippen molar-refractivity contribution in [3.8, 4) is 0 Å². The zero-order valence-electron chi connectivity index (χ0n) is 13.0. The van der Waals surface area contributed by atoms with E-state index < -0.39 is 0 Å². The normalized spacial score (nSPS) is 10.9. The zero-order valence-corrected chi connectivity index (χ0v) is 14.1. The van der Waals surface area contributed by atoms with Gasteiger partial charge >= 0.3 is 0 Å². The fourth-order valence-corrected chi connectivity index (χ4v) is 3.30. The molecule has 2 rings (SSSR count). The number of hydrogen-bond acceptors (Lipinski definition) is 0. The Kier molecular flexibility index (Phi) is 5.94. The van der Waals surface area contributed by atoms with Gasteiger partial charge < -0.3 is 0 Å². The smallest absolute Gasteiger partial charge is 0.130 e.